The largest absolute Gasteiger partial charge is 0.489 e. The van der Waals surface area contributed by atoms with Crippen LogP contribution >= 0.6 is 0 Å². The van der Waals surface area contributed by atoms with Gasteiger partial charge in [0.2, 0.25) is 11.8 Å². The second kappa shape index (κ2) is 15.4. The van der Waals surface area contributed by atoms with E-state index in [1.165, 1.54) is 67.4 Å². The predicted octanol–water partition coefficient (Wildman–Crippen LogP) is 4.71. The van der Waals surface area contributed by atoms with Crippen molar-refractivity contribution in [3.63, 3.8) is 0 Å². The molecule has 276 valence electrons. The van der Waals surface area contributed by atoms with Gasteiger partial charge in [-0.15, -0.1) is 5.10 Å². The molecule has 0 spiro atoms. The second-order valence-corrected chi connectivity index (χ2v) is 14.5. The Morgan fingerprint density at radius 2 is 1.57 bits per heavy atom. The summed E-state index contributed by atoms with van der Waals surface area (Å²) in [6.45, 7) is 11.2. The maximum Gasteiger partial charge on any atom is 0.410 e. The number of carbonyl (C=O) groups excluding carboxylic acids is 4. The molecule has 4 amide bonds. The first-order valence-electron chi connectivity index (χ1n) is 16.4. The highest BCUT2D eigenvalue weighted by atomic mass is 19.2. The number of ether oxygens (including phenoxy) is 2. The summed E-state index contributed by atoms with van der Waals surface area (Å²) < 4.78 is 54.0. The third-order valence-electron chi connectivity index (χ3n) is 8.18. The van der Waals surface area contributed by atoms with Gasteiger partial charge in [-0.05, 0) is 81.6 Å². The number of nitrogens with zero attached hydrogens (tertiary/aromatic N) is 6. The molecule has 1 aliphatic rings. The summed E-state index contributed by atoms with van der Waals surface area (Å²) in [5.74, 6) is -2.95. The lowest BCUT2D eigenvalue weighted by molar-refractivity contribution is -0.142. The fraction of sp³-hybridized carbons (Fsp3) is 0.486. The molecule has 3 aromatic rings. The Morgan fingerprint density at radius 3 is 2.14 bits per heavy atom. The lowest BCUT2D eigenvalue weighted by Gasteiger charge is -2.37. The van der Waals surface area contributed by atoms with Gasteiger partial charge in [0.25, 0.3) is 0 Å². The van der Waals surface area contributed by atoms with E-state index in [-0.39, 0.29) is 23.8 Å². The fourth-order valence-electron chi connectivity index (χ4n) is 5.31. The minimum absolute atomic E-state index is 0.0422. The molecule has 4 rings (SSSR count). The number of likely N-dealkylation sites (N-methyl/N-ethyl adjacent to an activating group) is 1. The van der Waals surface area contributed by atoms with Crippen LogP contribution in [0.1, 0.15) is 65.4 Å². The van der Waals surface area contributed by atoms with E-state index < -0.39 is 77.2 Å². The second-order valence-electron chi connectivity index (χ2n) is 14.5. The van der Waals surface area contributed by atoms with Crippen molar-refractivity contribution in [1.29, 1.82) is 0 Å². The molecule has 2 heterocycles. The van der Waals surface area contributed by atoms with Crippen molar-refractivity contribution in [2.24, 2.45) is 5.41 Å². The van der Waals surface area contributed by atoms with Crippen molar-refractivity contribution in [2.75, 3.05) is 20.1 Å². The fourth-order valence-corrected chi connectivity index (χ4v) is 5.31. The number of amides is 4. The molecule has 16 heteroatoms. The molecule has 1 saturated heterocycles. The first-order chi connectivity index (χ1) is 23.7. The molecule has 0 bridgehead atoms. The minimum atomic E-state index is -1.15. The van der Waals surface area contributed by atoms with Gasteiger partial charge in [-0.25, -0.2) is 13.6 Å². The van der Waals surface area contributed by atoms with E-state index in [1.54, 1.807) is 41.5 Å². The lowest BCUT2D eigenvalue weighted by Crippen LogP contribution is -2.59. The van der Waals surface area contributed by atoms with Crippen LogP contribution in [0.25, 0.3) is 5.69 Å². The van der Waals surface area contributed by atoms with Gasteiger partial charge in [-0.1, -0.05) is 25.3 Å². The molecule has 0 saturated carbocycles. The maximum absolute atomic E-state index is 15.7. The average molecular weight is 716 g/mol. The molecular weight excluding hydrogens is 671 g/mol. The third kappa shape index (κ3) is 9.98. The van der Waals surface area contributed by atoms with Crippen molar-refractivity contribution in [2.45, 2.75) is 84.7 Å². The van der Waals surface area contributed by atoms with Gasteiger partial charge in [0.05, 0.1) is 31.0 Å². The van der Waals surface area contributed by atoms with Crippen LogP contribution in [0.5, 0.6) is 5.75 Å². The van der Waals surface area contributed by atoms with E-state index in [4.69, 9.17) is 9.47 Å². The Kier molecular flexibility index (Phi) is 11.7. The van der Waals surface area contributed by atoms with Crippen LogP contribution in [0.4, 0.5) is 18.1 Å². The first kappa shape index (κ1) is 38.6. The van der Waals surface area contributed by atoms with Crippen LogP contribution in [0.15, 0.2) is 54.7 Å². The minimum Gasteiger partial charge on any atom is -0.489 e. The van der Waals surface area contributed by atoms with E-state index in [0.717, 1.165) is 15.9 Å². The van der Waals surface area contributed by atoms with Crippen LogP contribution in [-0.4, -0.2) is 104 Å². The Bertz CT molecular complexity index is 1710. The van der Waals surface area contributed by atoms with Gasteiger partial charge in [0.15, 0.2) is 5.69 Å². The number of hydrogen-bond donors (Lipinski definition) is 1. The highest BCUT2D eigenvalue weighted by Crippen LogP contribution is 2.29. The molecule has 4 atom stereocenters. The quantitative estimate of drug-likeness (QED) is 0.298. The first-order valence-corrected chi connectivity index (χ1v) is 16.4. The standard InChI is InChI=1S/C35H44F3N7O6/c1-21(42(8)33(49)51-35(5,6)7)30(46)40-29(34(2,3)4)32(48)43-20-27(50-26-15-11-23(37)12-16-26)17-25(43)19-44(38)31(47)28-18-39-45(41-28)24-13-9-22(36)10-14-24/h9-16,18,21,25,27,29H,17,19-20H2,1-8H3,(H,40,46)/t21-,25-,27-,29+/m0/s1. The van der Waals surface area contributed by atoms with Gasteiger partial charge >= 0.3 is 12.0 Å². The molecule has 0 unspecified atom stereocenters. The number of carbonyl (C=O) groups is 4. The summed E-state index contributed by atoms with van der Waals surface area (Å²) in [6.07, 6.45) is -0.256. The maximum atomic E-state index is 15.7. The molecule has 0 radical (unpaired) electrons. The van der Waals surface area contributed by atoms with Crippen molar-refractivity contribution >= 4 is 23.8 Å². The number of benzene rings is 2. The van der Waals surface area contributed by atoms with E-state index >= 15 is 4.48 Å². The molecule has 1 aliphatic heterocycles. The predicted molar refractivity (Wildman–Crippen MR) is 179 cm³/mol. The smallest absolute Gasteiger partial charge is 0.410 e. The lowest BCUT2D eigenvalue weighted by atomic mass is 9.85. The van der Waals surface area contributed by atoms with Crippen molar-refractivity contribution < 1.29 is 41.9 Å². The summed E-state index contributed by atoms with van der Waals surface area (Å²) in [5.41, 5.74) is -1.65. The average Bonchev–Trinajstić information content (AvgIpc) is 3.70. The topological polar surface area (TPSA) is 139 Å². The van der Waals surface area contributed by atoms with Crippen molar-refractivity contribution in [3.05, 3.63) is 72.1 Å². The molecule has 0 aliphatic carbocycles. The Labute approximate surface area is 294 Å². The molecule has 51 heavy (non-hydrogen) atoms. The van der Waals surface area contributed by atoms with E-state index in [2.05, 4.69) is 15.5 Å². The number of rotatable bonds is 10. The third-order valence-corrected chi connectivity index (χ3v) is 8.18. The van der Waals surface area contributed by atoms with Crippen LogP contribution in [0.3, 0.4) is 0 Å². The summed E-state index contributed by atoms with van der Waals surface area (Å²) in [5, 5.41) is 10.7. The van der Waals surface area contributed by atoms with E-state index in [9.17, 15) is 28.0 Å². The zero-order valence-electron chi connectivity index (χ0n) is 29.9. The molecule has 13 nitrogen and oxygen atoms in total. The van der Waals surface area contributed by atoms with Gasteiger partial charge < -0.3 is 19.7 Å². The van der Waals surface area contributed by atoms with Gasteiger partial charge in [-0.3, -0.25) is 19.3 Å². The number of likely N-dealkylation sites (tertiary alicyclic amines) is 1. The number of aromatic nitrogens is 3. The highest BCUT2D eigenvalue weighted by molar-refractivity contribution is 5.92. The molecular formula is C35H44F3N7O6. The Morgan fingerprint density at radius 1 is 0.980 bits per heavy atom. The van der Waals surface area contributed by atoms with E-state index in [1.807, 2.05) is 0 Å². The Balaban J connectivity index is 1.55. The molecule has 1 N–H and O–H groups in total. The zero-order chi connectivity index (χ0) is 37.8. The van der Waals surface area contributed by atoms with Crippen molar-refractivity contribution in [1.82, 2.24) is 35.2 Å². The van der Waals surface area contributed by atoms with Gasteiger partial charge in [0.1, 0.15) is 41.2 Å². The SMILES string of the molecule is C[C@@H](C(=O)N[C@H](C(=O)N1C[C@@H](Oc2ccc(F)cc2)C[C@H]1CN(F)C(=O)c1cnn(-c2ccc(F)cc2)n1)C(C)(C)C)N(C)C(=O)OC(C)(C)C. The normalized spacial score (nSPS) is 17.4. The molecule has 2 aromatic carbocycles. The number of halogens is 3. The summed E-state index contributed by atoms with van der Waals surface area (Å²) in [6, 6.07) is 7.33. The molecule has 1 fully saturated rings. The van der Waals surface area contributed by atoms with Gasteiger partial charge in [-0.2, -0.15) is 15.0 Å². The summed E-state index contributed by atoms with van der Waals surface area (Å²) in [7, 11) is 1.41. The van der Waals surface area contributed by atoms with Crippen LogP contribution in [-0.2, 0) is 14.3 Å². The van der Waals surface area contributed by atoms with Crippen molar-refractivity contribution in [3.8, 4) is 11.4 Å². The Hall–Kier alpha value is -5.15. The van der Waals surface area contributed by atoms with Crippen LogP contribution in [0, 0.1) is 17.0 Å². The monoisotopic (exact) mass is 715 g/mol. The molecule has 1 aromatic heterocycles. The van der Waals surface area contributed by atoms with E-state index in [0.29, 0.717) is 11.4 Å². The van der Waals surface area contributed by atoms with Crippen LogP contribution in [0.2, 0.25) is 0 Å². The highest BCUT2D eigenvalue weighted by Gasteiger charge is 2.45. The summed E-state index contributed by atoms with van der Waals surface area (Å²) >= 11 is 0. The number of hydrogen-bond acceptors (Lipinski definition) is 8. The zero-order valence-corrected chi connectivity index (χ0v) is 29.9. The van der Waals surface area contributed by atoms with Crippen LogP contribution < -0.4 is 10.1 Å². The number of nitrogens with one attached hydrogen (secondary N) is 1. The van der Waals surface area contributed by atoms with Gasteiger partial charge in [0, 0.05) is 13.5 Å². The summed E-state index contributed by atoms with van der Waals surface area (Å²) in [4.78, 5) is 57.1.